The highest BCUT2D eigenvalue weighted by Crippen LogP contribution is 2.28. The summed E-state index contributed by atoms with van der Waals surface area (Å²) in [5, 5.41) is 13.5. The largest absolute Gasteiger partial charge is 0.326 e. The van der Waals surface area contributed by atoms with E-state index in [1.165, 1.54) is 23.8 Å². The Labute approximate surface area is 157 Å². The zero-order valence-electron chi connectivity index (χ0n) is 15.2. The third-order valence-corrected chi connectivity index (χ3v) is 4.69. The molecule has 2 amide bonds. The van der Waals surface area contributed by atoms with Crippen molar-refractivity contribution in [3.63, 3.8) is 0 Å². The normalized spacial score (nSPS) is 16.6. The summed E-state index contributed by atoms with van der Waals surface area (Å²) in [5.41, 5.74) is 2.21. The Bertz CT molecular complexity index is 877. The van der Waals surface area contributed by atoms with Crippen LogP contribution in [0.5, 0.6) is 0 Å². The van der Waals surface area contributed by atoms with E-state index in [1.54, 1.807) is 11.0 Å². The van der Waals surface area contributed by atoms with Crippen molar-refractivity contribution >= 4 is 28.9 Å². The second-order valence-corrected chi connectivity index (χ2v) is 6.95. The smallest absolute Gasteiger partial charge is 0.271 e. The highest BCUT2D eigenvalue weighted by molar-refractivity contribution is 6.03. The zero-order valence-corrected chi connectivity index (χ0v) is 15.2. The van der Waals surface area contributed by atoms with Crippen molar-refractivity contribution in [2.24, 2.45) is 5.92 Å². The van der Waals surface area contributed by atoms with Crippen LogP contribution in [0.15, 0.2) is 48.5 Å². The molecule has 0 spiro atoms. The number of benzene rings is 2. The Morgan fingerprint density at radius 2 is 1.93 bits per heavy atom. The number of hydrogen-bond donors (Lipinski definition) is 1. The van der Waals surface area contributed by atoms with Crippen LogP contribution in [0.4, 0.5) is 17.1 Å². The molecule has 1 aliphatic heterocycles. The molecule has 0 unspecified atom stereocenters. The van der Waals surface area contributed by atoms with Crippen molar-refractivity contribution in [3.05, 3.63) is 64.2 Å². The van der Waals surface area contributed by atoms with Gasteiger partial charge in [0, 0.05) is 36.5 Å². The Hall–Kier alpha value is -3.22. The predicted molar refractivity (Wildman–Crippen MR) is 103 cm³/mol. The van der Waals surface area contributed by atoms with Gasteiger partial charge < -0.3 is 10.2 Å². The van der Waals surface area contributed by atoms with Crippen molar-refractivity contribution in [1.82, 2.24) is 0 Å². The summed E-state index contributed by atoms with van der Waals surface area (Å²) in [5.74, 6) is -0.514. The van der Waals surface area contributed by atoms with Gasteiger partial charge in [0.2, 0.25) is 11.8 Å². The van der Waals surface area contributed by atoms with Gasteiger partial charge in [-0.2, -0.15) is 0 Å². The Morgan fingerprint density at radius 3 is 2.56 bits per heavy atom. The van der Waals surface area contributed by atoms with E-state index < -0.39 is 10.8 Å². The lowest BCUT2D eigenvalue weighted by Gasteiger charge is -2.17. The van der Waals surface area contributed by atoms with Crippen LogP contribution >= 0.6 is 0 Å². The fourth-order valence-electron chi connectivity index (χ4n) is 3.11. The standard InChI is InChI=1S/C20H21N3O4/c1-13(2)14-6-8-17(9-7-14)22-12-15(10-19(22)24)20(25)21-16-4-3-5-18(11-16)23(26)27/h3-9,11,13,15H,10,12H2,1-2H3,(H,21,25)/t15-/m0/s1. The molecule has 0 radical (unpaired) electrons. The fraction of sp³-hybridized carbons (Fsp3) is 0.300. The molecule has 0 aliphatic carbocycles. The first kappa shape index (κ1) is 18.6. The van der Waals surface area contributed by atoms with Crippen LogP contribution in [0.25, 0.3) is 0 Å². The number of nitro benzene ring substituents is 1. The lowest BCUT2D eigenvalue weighted by molar-refractivity contribution is -0.384. The molecule has 7 heteroatoms. The van der Waals surface area contributed by atoms with Gasteiger partial charge in [-0.25, -0.2) is 0 Å². The van der Waals surface area contributed by atoms with Crippen LogP contribution in [0, 0.1) is 16.0 Å². The summed E-state index contributed by atoms with van der Waals surface area (Å²) >= 11 is 0. The topological polar surface area (TPSA) is 92.6 Å². The van der Waals surface area contributed by atoms with Gasteiger partial charge in [0.05, 0.1) is 10.8 Å². The van der Waals surface area contributed by atoms with Crippen LogP contribution in [0.1, 0.15) is 31.7 Å². The van der Waals surface area contributed by atoms with Gasteiger partial charge in [-0.1, -0.05) is 32.0 Å². The number of hydrogen-bond acceptors (Lipinski definition) is 4. The lowest BCUT2D eigenvalue weighted by Crippen LogP contribution is -2.28. The molecule has 2 aromatic carbocycles. The summed E-state index contributed by atoms with van der Waals surface area (Å²) in [6.07, 6.45) is 0.118. The van der Waals surface area contributed by atoms with Crippen LogP contribution < -0.4 is 10.2 Å². The minimum Gasteiger partial charge on any atom is -0.326 e. The maximum absolute atomic E-state index is 12.5. The first-order valence-corrected chi connectivity index (χ1v) is 8.81. The van der Waals surface area contributed by atoms with Crippen molar-refractivity contribution in [2.45, 2.75) is 26.2 Å². The molecule has 0 bridgehead atoms. The van der Waals surface area contributed by atoms with E-state index in [0.717, 1.165) is 5.69 Å². The van der Waals surface area contributed by atoms with Gasteiger partial charge >= 0.3 is 0 Å². The third-order valence-electron chi connectivity index (χ3n) is 4.69. The Balaban J connectivity index is 1.68. The third kappa shape index (κ3) is 4.13. The van der Waals surface area contributed by atoms with E-state index in [2.05, 4.69) is 19.2 Å². The number of amides is 2. The van der Waals surface area contributed by atoms with Crippen LogP contribution in [-0.2, 0) is 9.59 Å². The van der Waals surface area contributed by atoms with Gasteiger partial charge in [0.1, 0.15) is 0 Å². The Kier molecular flexibility index (Phi) is 5.21. The molecule has 1 fully saturated rings. The molecule has 0 saturated carbocycles. The lowest BCUT2D eigenvalue weighted by atomic mass is 10.0. The maximum Gasteiger partial charge on any atom is 0.271 e. The number of rotatable bonds is 5. The first-order valence-electron chi connectivity index (χ1n) is 8.81. The second-order valence-electron chi connectivity index (χ2n) is 6.95. The second kappa shape index (κ2) is 7.57. The van der Waals surface area contributed by atoms with Gasteiger partial charge in [-0.3, -0.25) is 19.7 Å². The van der Waals surface area contributed by atoms with Gasteiger partial charge in [0.15, 0.2) is 0 Å². The van der Waals surface area contributed by atoms with Crippen molar-refractivity contribution < 1.29 is 14.5 Å². The van der Waals surface area contributed by atoms with Crippen LogP contribution in [0.2, 0.25) is 0 Å². The van der Waals surface area contributed by atoms with Crippen molar-refractivity contribution in [1.29, 1.82) is 0 Å². The average molecular weight is 367 g/mol. The van der Waals surface area contributed by atoms with E-state index in [9.17, 15) is 19.7 Å². The summed E-state index contributed by atoms with van der Waals surface area (Å²) < 4.78 is 0. The van der Waals surface area contributed by atoms with Crippen LogP contribution in [0.3, 0.4) is 0 Å². The molecule has 27 heavy (non-hydrogen) atoms. The molecular formula is C20H21N3O4. The monoisotopic (exact) mass is 367 g/mol. The molecule has 3 rings (SSSR count). The number of anilines is 2. The van der Waals surface area contributed by atoms with Gasteiger partial charge in [0.25, 0.3) is 5.69 Å². The molecule has 2 aromatic rings. The predicted octanol–water partition coefficient (Wildman–Crippen LogP) is 3.71. The number of nitrogens with zero attached hydrogens (tertiary/aromatic N) is 2. The zero-order chi connectivity index (χ0) is 19.6. The summed E-state index contributed by atoms with van der Waals surface area (Å²) in [4.78, 5) is 36.8. The minimum atomic E-state index is -0.517. The highest BCUT2D eigenvalue weighted by atomic mass is 16.6. The molecule has 7 nitrogen and oxygen atoms in total. The van der Waals surface area contributed by atoms with E-state index in [0.29, 0.717) is 18.2 Å². The molecular weight excluding hydrogens is 346 g/mol. The molecule has 1 heterocycles. The highest BCUT2D eigenvalue weighted by Gasteiger charge is 2.35. The molecule has 1 aliphatic rings. The number of carbonyl (C=O) groups is 2. The first-order chi connectivity index (χ1) is 12.8. The summed E-state index contributed by atoms with van der Waals surface area (Å²) in [6.45, 7) is 4.50. The summed E-state index contributed by atoms with van der Waals surface area (Å²) in [6, 6.07) is 13.5. The maximum atomic E-state index is 12.5. The van der Waals surface area contributed by atoms with E-state index in [1.807, 2.05) is 24.3 Å². The SMILES string of the molecule is CC(C)c1ccc(N2C[C@@H](C(=O)Nc3cccc([N+](=O)[O-])c3)CC2=O)cc1. The number of nitrogens with one attached hydrogen (secondary N) is 1. The van der Waals surface area contributed by atoms with Gasteiger partial charge in [-0.05, 0) is 29.7 Å². The van der Waals surface area contributed by atoms with E-state index >= 15 is 0 Å². The molecule has 1 atom stereocenters. The fourth-order valence-corrected chi connectivity index (χ4v) is 3.11. The van der Waals surface area contributed by atoms with Gasteiger partial charge in [-0.15, -0.1) is 0 Å². The minimum absolute atomic E-state index is 0.0952. The molecule has 1 N–H and O–H groups in total. The summed E-state index contributed by atoms with van der Waals surface area (Å²) in [7, 11) is 0. The van der Waals surface area contributed by atoms with Crippen molar-refractivity contribution in [2.75, 3.05) is 16.8 Å². The van der Waals surface area contributed by atoms with Crippen molar-refractivity contribution in [3.8, 4) is 0 Å². The Morgan fingerprint density at radius 1 is 1.22 bits per heavy atom. The number of non-ortho nitro benzene ring substituents is 1. The molecule has 140 valence electrons. The van der Waals surface area contributed by atoms with E-state index in [-0.39, 0.29) is 23.9 Å². The molecule has 1 saturated heterocycles. The van der Waals surface area contributed by atoms with E-state index in [4.69, 9.17) is 0 Å². The van der Waals surface area contributed by atoms with Crippen LogP contribution in [-0.4, -0.2) is 23.3 Å². The average Bonchev–Trinajstić information content (AvgIpc) is 3.04. The molecule has 0 aromatic heterocycles. The quantitative estimate of drug-likeness (QED) is 0.644. The number of carbonyl (C=O) groups excluding carboxylic acids is 2. The number of nitro groups is 1.